The first-order valence-corrected chi connectivity index (χ1v) is 12.1. The van der Waals surface area contributed by atoms with E-state index in [1.165, 1.54) is 17.4 Å². The monoisotopic (exact) mass is 496 g/mol. The number of nitrogens with zero attached hydrogens (tertiary/aromatic N) is 3. The predicted octanol–water partition coefficient (Wildman–Crippen LogP) is 5.05. The number of rotatable bonds is 6. The van der Waals surface area contributed by atoms with Crippen molar-refractivity contribution in [1.29, 1.82) is 0 Å². The van der Waals surface area contributed by atoms with Crippen molar-refractivity contribution in [2.75, 3.05) is 20.3 Å². The van der Waals surface area contributed by atoms with Gasteiger partial charge in [-0.3, -0.25) is 0 Å². The average Bonchev–Trinajstić information content (AvgIpc) is 3.45. The van der Waals surface area contributed by atoms with Gasteiger partial charge in [0.1, 0.15) is 17.7 Å². The second-order valence-corrected chi connectivity index (χ2v) is 9.94. The van der Waals surface area contributed by atoms with Gasteiger partial charge in [-0.15, -0.1) is 11.3 Å². The quantitative estimate of drug-likeness (QED) is 0.399. The summed E-state index contributed by atoms with van der Waals surface area (Å²) in [6, 6.07) is 5.33. The molecule has 1 N–H and O–H groups in total. The van der Waals surface area contributed by atoms with Crippen molar-refractivity contribution >= 4 is 38.7 Å². The molecule has 1 aliphatic rings. The topological polar surface area (TPSA) is 95.5 Å². The molecule has 0 spiro atoms. The van der Waals surface area contributed by atoms with Gasteiger partial charge in [-0.05, 0) is 30.5 Å². The van der Waals surface area contributed by atoms with Crippen molar-refractivity contribution in [3.8, 4) is 22.2 Å². The van der Waals surface area contributed by atoms with E-state index in [0.717, 1.165) is 21.4 Å². The molecule has 1 amide bonds. The van der Waals surface area contributed by atoms with E-state index in [1.807, 2.05) is 32.9 Å². The van der Waals surface area contributed by atoms with E-state index in [2.05, 4.69) is 15.3 Å². The minimum absolute atomic E-state index is 0.0329. The van der Waals surface area contributed by atoms with Crippen molar-refractivity contribution in [3.63, 3.8) is 0 Å². The summed E-state index contributed by atoms with van der Waals surface area (Å²) in [4.78, 5) is 25.7. The Kier molecular flexibility index (Phi) is 6.14. The zero-order chi connectivity index (χ0) is 24.7. The molecule has 2 aromatic carbocycles. The van der Waals surface area contributed by atoms with Gasteiger partial charge in [0, 0.05) is 30.2 Å². The number of nitrogens with one attached hydrogen (secondary N) is 1. The predicted molar refractivity (Wildman–Crippen MR) is 132 cm³/mol. The molecule has 5 rings (SSSR count). The maximum absolute atomic E-state index is 14.9. The fourth-order valence-corrected chi connectivity index (χ4v) is 5.16. The number of halogens is 1. The summed E-state index contributed by atoms with van der Waals surface area (Å²) in [5.74, 6) is 0.467. The third-order valence-electron chi connectivity index (χ3n) is 5.66. The van der Waals surface area contributed by atoms with E-state index < -0.39 is 18.0 Å². The normalized spacial score (nSPS) is 14.9. The van der Waals surface area contributed by atoms with Crippen LogP contribution in [0.4, 0.5) is 9.18 Å². The van der Waals surface area contributed by atoms with E-state index in [9.17, 15) is 9.18 Å². The van der Waals surface area contributed by atoms with Crippen molar-refractivity contribution in [2.45, 2.75) is 33.3 Å². The van der Waals surface area contributed by atoms with Gasteiger partial charge in [-0.1, -0.05) is 13.8 Å². The van der Waals surface area contributed by atoms with E-state index in [4.69, 9.17) is 19.2 Å². The average molecular weight is 497 g/mol. The zero-order valence-corrected chi connectivity index (χ0v) is 20.7. The summed E-state index contributed by atoms with van der Waals surface area (Å²) < 4.78 is 32.0. The lowest BCUT2D eigenvalue weighted by Gasteiger charge is -2.12. The molecule has 2 aromatic heterocycles. The summed E-state index contributed by atoms with van der Waals surface area (Å²) in [5, 5.41) is 3.41. The number of hydrogen-bond acceptors (Lipinski definition) is 8. The Labute approximate surface area is 205 Å². The molecule has 10 heteroatoms. The highest BCUT2D eigenvalue weighted by Crippen LogP contribution is 2.43. The molecule has 0 radical (unpaired) electrons. The zero-order valence-electron chi connectivity index (χ0n) is 19.8. The van der Waals surface area contributed by atoms with Crippen LogP contribution in [0.2, 0.25) is 0 Å². The highest BCUT2D eigenvalue weighted by atomic mass is 32.1. The Morgan fingerprint density at radius 2 is 2.11 bits per heavy atom. The number of hydrogen-bond donors (Lipinski definition) is 1. The lowest BCUT2D eigenvalue weighted by Crippen LogP contribution is -2.31. The number of amides is 1. The second kappa shape index (κ2) is 9.26. The number of benzene rings is 2. The van der Waals surface area contributed by atoms with Crippen LogP contribution in [0.15, 0.2) is 24.4 Å². The summed E-state index contributed by atoms with van der Waals surface area (Å²) >= 11 is 1.46. The largest absolute Gasteiger partial charge is 0.483 e. The van der Waals surface area contributed by atoms with Crippen molar-refractivity contribution < 1.29 is 23.4 Å². The van der Waals surface area contributed by atoms with Crippen molar-refractivity contribution in [3.05, 3.63) is 41.3 Å². The van der Waals surface area contributed by atoms with Gasteiger partial charge in [0.15, 0.2) is 11.6 Å². The molecule has 1 aliphatic heterocycles. The highest BCUT2D eigenvalue weighted by Gasteiger charge is 2.31. The molecule has 0 saturated heterocycles. The Morgan fingerprint density at radius 3 is 2.89 bits per heavy atom. The first kappa shape index (κ1) is 23.2. The van der Waals surface area contributed by atoms with Gasteiger partial charge < -0.3 is 19.5 Å². The number of methoxy groups -OCH3 is 1. The Morgan fingerprint density at radius 1 is 1.29 bits per heavy atom. The molecule has 0 saturated carbocycles. The Bertz CT molecular complexity index is 1440. The molecular weight excluding hydrogens is 471 g/mol. The van der Waals surface area contributed by atoms with Gasteiger partial charge in [0.05, 0.1) is 34.6 Å². The fourth-order valence-electron chi connectivity index (χ4n) is 4.05. The van der Waals surface area contributed by atoms with Gasteiger partial charge in [0.2, 0.25) is 5.88 Å². The molecule has 3 heterocycles. The SMILES string of the molecule is COc1cnc2c(-c3nc4cc(F)c5c(c4s3)CC(COC(=O)NCC(C)C)O5)cc(C)cc2n1. The standard InChI is InChI=1S/C25H25FN4O4S/c1-12(2)9-28-25(31)33-11-14-7-16-22(34-14)17(26)8-19-23(16)35-24(30-19)15-5-13(3)6-18-21(15)27-10-20(29-18)32-4/h5-6,8,10,12,14H,7,9,11H2,1-4H3,(H,28,31). The van der Waals surface area contributed by atoms with Gasteiger partial charge in [-0.2, -0.15) is 0 Å². The van der Waals surface area contributed by atoms with E-state index in [0.29, 0.717) is 46.3 Å². The number of carbonyl (C=O) groups is 1. The van der Waals surface area contributed by atoms with Gasteiger partial charge in [0.25, 0.3) is 0 Å². The van der Waals surface area contributed by atoms with Crippen LogP contribution < -0.4 is 14.8 Å². The third-order valence-corrected chi connectivity index (χ3v) is 6.83. The lowest BCUT2D eigenvalue weighted by molar-refractivity contribution is 0.0905. The molecule has 182 valence electrons. The molecule has 0 bridgehead atoms. The Hall–Kier alpha value is -3.53. The molecule has 1 atom stereocenters. The molecule has 0 aliphatic carbocycles. The molecule has 35 heavy (non-hydrogen) atoms. The molecule has 8 nitrogen and oxygen atoms in total. The number of ether oxygens (including phenoxy) is 3. The highest BCUT2D eigenvalue weighted by molar-refractivity contribution is 7.22. The van der Waals surface area contributed by atoms with Crippen molar-refractivity contribution in [1.82, 2.24) is 20.3 Å². The number of thiazole rings is 1. The number of fused-ring (bicyclic) bond motifs is 4. The summed E-state index contributed by atoms with van der Waals surface area (Å²) in [7, 11) is 1.55. The van der Waals surface area contributed by atoms with Crippen LogP contribution >= 0.6 is 11.3 Å². The van der Waals surface area contributed by atoms with Crippen LogP contribution in [0.3, 0.4) is 0 Å². The number of aromatic nitrogens is 3. The molecular formula is C25H25FN4O4S. The summed E-state index contributed by atoms with van der Waals surface area (Å²) in [6.07, 6.45) is 1.03. The molecule has 0 fully saturated rings. The number of aryl methyl sites for hydroxylation is 1. The maximum atomic E-state index is 14.9. The molecule has 4 aromatic rings. The molecule has 1 unspecified atom stereocenters. The van der Waals surface area contributed by atoms with Crippen LogP contribution in [0.5, 0.6) is 11.6 Å². The Balaban J connectivity index is 1.45. The first-order valence-electron chi connectivity index (χ1n) is 11.3. The van der Waals surface area contributed by atoms with Gasteiger partial charge in [-0.25, -0.2) is 24.1 Å². The van der Waals surface area contributed by atoms with Crippen LogP contribution in [0, 0.1) is 18.7 Å². The van der Waals surface area contributed by atoms with Crippen molar-refractivity contribution in [2.24, 2.45) is 5.92 Å². The van der Waals surface area contributed by atoms with E-state index >= 15 is 0 Å². The summed E-state index contributed by atoms with van der Waals surface area (Å²) in [5.41, 5.74) is 4.52. The second-order valence-electron chi connectivity index (χ2n) is 8.94. The van der Waals surface area contributed by atoms with Crippen LogP contribution in [0.1, 0.15) is 25.0 Å². The minimum Gasteiger partial charge on any atom is -0.483 e. The third kappa shape index (κ3) is 4.58. The summed E-state index contributed by atoms with van der Waals surface area (Å²) in [6.45, 7) is 6.53. The lowest BCUT2D eigenvalue weighted by atomic mass is 10.1. The number of carbonyl (C=O) groups excluding carboxylic acids is 1. The minimum atomic E-state index is -0.506. The van der Waals surface area contributed by atoms with E-state index in [1.54, 1.807) is 13.3 Å². The smallest absolute Gasteiger partial charge is 0.407 e. The number of alkyl carbamates (subject to hydrolysis) is 1. The van der Waals surface area contributed by atoms with Crippen LogP contribution in [-0.2, 0) is 11.2 Å². The van der Waals surface area contributed by atoms with Gasteiger partial charge >= 0.3 is 6.09 Å². The van der Waals surface area contributed by atoms with Crippen LogP contribution in [-0.4, -0.2) is 47.4 Å². The van der Waals surface area contributed by atoms with E-state index in [-0.39, 0.29) is 12.4 Å². The maximum Gasteiger partial charge on any atom is 0.407 e. The fraction of sp³-hybridized carbons (Fsp3) is 0.360. The van der Waals surface area contributed by atoms with Crippen LogP contribution in [0.25, 0.3) is 31.8 Å². The first-order chi connectivity index (χ1) is 16.8.